The number of nitrogens with two attached hydrogens (primary N) is 1. The van der Waals surface area contributed by atoms with Crippen molar-refractivity contribution in [2.45, 2.75) is 32.3 Å². The summed E-state index contributed by atoms with van der Waals surface area (Å²) < 4.78 is 10.1. The molecule has 0 saturated heterocycles. The van der Waals surface area contributed by atoms with Gasteiger partial charge in [-0.1, -0.05) is 6.42 Å². The summed E-state index contributed by atoms with van der Waals surface area (Å²) in [7, 11) is 1.38. The molecule has 1 rings (SSSR count). The predicted octanol–water partition coefficient (Wildman–Crippen LogP) is 0.940. The van der Waals surface area contributed by atoms with Crippen molar-refractivity contribution in [2.75, 3.05) is 20.3 Å². The number of carbonyl (C=O) groups excluding carboxylic acids is 1. The molecule has 0 spiro atoms. The fourth-order valence-corrected chi connectivity index (χ4v) is 2.15. The van der Waals surface area contributed by atoms with Gasteiger partial charge in [0, 0.05) is 0 Å². The molecule has 1 aliphatic carbocycles. The van der Waals surface area contributed by atoms with Crippen molar-refractivity contribution < 1.29 is 14.3 Å². The minimum Gasteiger partial charge on any atom is -0.467 e. The highest BCUT2D eigenvalue weighted by atomic mass is 16.6. The number of carbonyl (C=O) groups is 1. The number of methoxy groups -OCH3 is 1. The van der Waals surface area contributed by atoms with Crippen molar-refractivity contribution in [3.05, 3.63) is 0 Å². The lowest BCUT2D eigenvalue weighted by molar-refractivity contribution is -0.153. The van der Waals surface area contributed by atoms with Crippen LogP contribution in [-0.4, -0.2) is 32.3 Å². The minimum absolute atomic E-state index is 0.308. The van der Waals surface area contributed by atoms with Gasteiger partial charge in [0.25, 0.3) is 0 Å². The fourth-order valence-electron chi connectivity index (χ4n) is 2.15. The van der Waals surface area contributed by atoms with Crippen molar-refractivity contribution in [1.82, 2.24) is 0 Å². The summed E-state index contributed by atoms with van der Waals surface area (Å²) in [6.07, 6.45) is 3.11. The zero-order chi connectivity index (χ0) is 11.3. The number of esters is 1. The summed E-state index contributed by atoms with van der Waals surface area (Å²) in [4.78, 5) is 11.1. The van der Waals surface area contributed by atoms with Crippen LogP contribution in [0.1, 0.15) is 26.2 Å². The molecule has 0 heterocycles. The van der Waals surface area contributed by atoms with Gasteiger partial charge >= 0.3 is 5.97 Å². The number of ether oxygens (including phenoxy) is 2. The standard InChI is InChI=1S/C11H21NO3/c1-8(11(13)14-2)15-7-10-5-3-4-9(10)6-12/h8-10H,3-7,12H2,1-2H3. The Kier molecular flexibility index (Phi) is 5.05. The average Bonchev–Trinajstić information content (AvgIpc) is 2.71. The maximum Gasteiger partial charge on any atom is 0.334 e. The van der Waals surface area contributed by atoms with E-state index in [1.54, 1.807) is 6.92 Å². The molecular formula is C11H21NO3. The zero-order valence-corrected chi connectivity index (χ0v) is 9.57. The summed E-state index contributed by atoms with van der Waals surface area (Å²) >= 11 is 0. The molecule has 1 saturated carbocycles. The van der Waals surface area contributed by atoms with Gasteiger partial charge in [0.05, 0.1) is 13.7 Å². The molecule has 0 aromatic heterocycles. The molecule has 3 atom stereocenters. The van der Waals surface area contributed by atoms with Crippen molar-refractivity contribution in [3.63, 3.8) is 0 Å². The lowest BCUT2D eigenvalue weighted by Crippen LogP contribution is -2.28. The Hall–Kier alpha value is -0.610. The van der Waals surface area contributed by atoms with E-state index in [-0.39, 0.29) is 5.97 Å². The highest BCUT2D eigenvalue weighted by Gasteiger charge is 2.27. The first-order chi connectivity index (χ1) is 7.19. The van der Waals surface area contributed by atoms with Crippen LogP contribution in [0.4, 0.5) is 0 Å². The van der Waals surface area contributed by atoms with Gasteiger partial charge in [-0.15, -0.1) is 0 Å². The summed E-state index contributed by atoms with van der Waals surface area (Å²) in [6.45, 7) is 3.07. The van der Waals surface area contributed by atoms with Crippen LogP contribution in [0.15, 0.2) is 0 Å². The minimum atomic E-state index is -0.464. The number of hydrogen-bond donors (Lipinski definition) is 1. The van der Waals surface area contributed by atoms with Crippen molar-refractivity contribution in [1.29, 1.82) is 0 Å². The Bertz CT molecular complexity index is 208. The van der Waals surface area contributed by atoms with E-state index in [1.807, 2.05) is 0 Å². The monoisotopic (exact) mass is 215 g/mol. The van der Waals surface area contributed by atoms with Gasteiger partial charge in [0.15, 0.2) is 6.10 Å². The number of rotatable bonds is 5. The second-order valence-corrected chi connectivity index (χ2v) is 4.19. The summed E-state index contributed by atoms with van der Waals surface area (Å²) in [6, 6.07) is 0. The lowest BCUT2D eigenvalue weighted by atomic mass is 9.97. The van der Waals surface area contributed by atoms with Crippen molar-refractivity contribution in [2.24, 2.45) is 17.6 Å². The molecule has 4 heteroatoms. The van der Waals surface area contributed by atoms with E-state index >= 15 is 0 Å². The largest absolute Gasteiger partial charge is 0.467 e. The van der Waals surface area contributed by atoms with Crippen LogP contribution in [0.25, 0.3) is 0 Å². The van der Waals surface area contributed by atoms with Crippen LogP contribution in [0.3, 0.4) is 0 Å². The maximum absolute atomic E-state index is 11.1. The zero-order valence-electron chi connectivity index (χ0n) is 9.57. The topological polar surface area (TPSA) is 61.5 Å². The average molecular weight is 215 g/mol. The molecule has 0 aromatic rings. The predicted molar refractivity (Wildman–Crippen MR) is 57.3 cm³/mol. The van der Waals surface area contributed by atoms with Gasteiger partial charge in [-0.05, 0) is 38.1 Å². The molecule has 15 heavy (non-hydrogen) atoms. The van der Waals surface area contributed by atoms with Gasteiger partial charge in [-0.25, -0.2) is 4.79 Å². The second kappa shape index (κ2) is 6.08. The van der Waals surface area contributed by atoms with Crippen molar-refractivity contribution in [3.8, 4) is 0 Å². The summed E-state index contributed by atoms with van der Waals surface area (Å²) in [5.74, 6) is 0.772. The molecular weight excluding hydrogens is 194 g/mol. The fraction of sp³-hybridized carbons (Fsp3) is 0.909. The third kappa shape index (κ3) is 3.47. The first-order valence-electron chi connectivity index (χ1n) is 5.58. The number of hydrogen-bond acceptors (Lipinski definition) is 4. The van der Waals surface area contributed by atoms with Crippen LogP contribution in [0.5, 0.6) is 0 Å². The van der Waals surface area contributed by atoms with E-state index in [2.05, 4.69) is 4.74 Å². The highest BCUT2D eigenvalue weighted by molar-refractivity contribution is 5.73. The van der Waals surface area contributed by atoms with E-state index in [4.69, 9.17) is 10.5 Å². The molecule has 2 N–H and O–H groups in total. The van der Waals surface area contributed by atoms with Crippen LogP contribution < -0.4 is 5.73 Å². The van der Waals surface area contributed by atoms with E-state index in [0.29, 0.717) is 18.4 Å². The Morgan fingerprint density at radius 1 is 1.47 bits per heavy atom. The second-order valence-electron chi connectivity index (χ2n) is 4.19. The van der Waals surface area contributed by atoms with Crippen molar-refractivity contribution >= 4 is 5.97 Å². The van der Waals surface area contributed by atoms with Gasteiger partial charge in [-0.2, -0.15) is 0 Å². The molecule has 0 aromatic carbocycles. The first-order valence-corrected chi connectivity index (χ1v) is 5.58. The van der Waals surface area contributed by atoms with E-state index in [1.165, 1.54) is 20.0 Å². The van der Waals surface area contributed by atoms with E-state index in [0.717, 1.165) is 13.0 Å². The van der Waals surface area contributed by atoms with Gasteiger partial charge < -0.3 is 15.2 Å². The van der Waals surface area contributed by atoms with Crippen LogP contribution in [0.2, 0.25) is 0 Å². The normalized spacial score (nSPS) is 27.7. The molecule has 3 unspecified atom stereocenters. The van der Waals surface area contributed by atoms with Crippen LogP contribution in [-0.2, 0) is 14.3 Å². The Balaban J connectivity index is 2.27. The third-order valence-corrected chi connectivity index (χ3v) is 3.21. The lowest BCUT2D eigenvalue weighted by Gasteiger charge is -2.19. The highest BCUT2D eigenvalue weighted by Crippen LogP contribution is 2.31. The molecule has 0 bridgehead atoms. The summed E-state index contributed by atoms with van der Waals surface area (Å²) in [5, 5.41) is 0. The Morgan fingerprint density at radius 3 is 2.73 bits per heavy atom. The Morgan fingerprint density at radius 2 is 2.13 bits per heavy atom. The quantitative estimate of drug-likeness (QED) is 0.693. The third-order valence-electron chi connectivity index (χ3n) is 3.21. The summed E-state index contributed by atoms with van der Waals surface area (Å²) in [5.41, 5.74) is 5.67. The molecule has 1 aliphatic rings. The van der Waals surface area contributed by atoms with Crippen LogP contribution >= 0.6 is 0 Å². The maximum atomic E-state index is 11.1. The van der Waals surface area contributed by atoms with Gasteiger partial charge in [0.2, 0.25) is 0 Å². The van der Waals surface area contributed by atoms with Gasteiger partial charge in [0.1, 0.15) is 0 Å². The molecule has 88 valence electrons. The molecule has 1 fully saturated rings. The molecule has 0 radical (unpaired) electrons. The Labute approximate surface area is 91.1 Å². The molecule has 4 nitrogen and oxygen atoms in total. The van der Waals surface area contributed by atoms with Crippen LogP contribution in [0, 0.1) is 11.8 Å². The molecule has 0 aliphatic heterocycles. The smallest absolute Gasteiger partial charge is 0.334 e. The SMILES string of the molecule is COC(=O)C(C)OCC1CCCC1CN. The molecule has 0 amide bonds. The first kappa shape index (κ1) is 12.5. The van der Waals surface area contributed by atoms with E-state index < -0.39 is 6.10 Å². The van der Waals surface area contributed by atoms with E-state index in [9.17, 15) is 4.79 Å². The van der Waals surface area contributed by atoms with Gasteiger partial charge in [-0.3, -0.25) is 0 Å².